The van der Waals surface area contributed by atoms with Gasteiger partial charge < -0.3 is 24.8 Å². The second kappa shape index (κ2) is 8.53. The number of aromatic nitrogens is 6. The van der Waals surface area contributed by atoms with E-state index < -0.39 is 24.7 Å². The van der Waals surface area contributed by atoms with Gasteiger partial charge in [-0.1, -0.05) is 0 Å². The van der Waals surface area contributed by atoms with Crippen LogP contribution in [0.25, 0.3) is 0 Å². The molecule has 1 saturated heterocycles. The van der Waals surface area contributed by atoms with Crippen molar-refractivity contribution in [2.75, 3.05) is 41.8 Å². The third-order valence-corrected chi connectivity index (χ3v) is 4.33. The van der Waals surface area contributed by atoms with Crippen LogP contribution >= 0.6 is 0 Å². The summed E-state index contributed by atoms with van der Waals surface area (Å²) in [6, 6.07) is 0.0644. The molecule has 10 nitrogen and oxygen atoms in total. The highest BCUT2D eigenvalue weighted by molar-refractivity contribution is 5.52. The number of nitrogens with zero attached hydrogens (tertiary/aromatic N) is 7. The molecule has 0 spiro atoms. The second-order valence-corrected chi connectivity index (χ2v) is 6.56. The Morgan fingerprint density at radius 1 is 1.17 bits per heavy atom. The van der Waals surface area contributed by atoms with Crippen LogP contribution in [0.3, 0.4) is 0 Å². The van der Waals surface area contributed by atoms with Crippen molar-refractivity contribution in [2.24, 2.45) is 6.98 Å². The first-order valence-electron chi connectivity index (χ1n) is 10.7. The number of hydrogen-bond acceptors (Lipinski definition) is 9. The zero-order valence-corrected chi connectivity index (χ0v) is 16.0. The van der Waals surface area contributed by atoms with Gasteiger partial charge in [0.2, 0.25) is 17.8 Å². The predicted molar refractivity (Wildman–Crippen MR) is 106 cm³/mol. The summed E-state index contributed by atoms with van der Waals surface area (Å²) in [5.41, 5.74) is -0.00401. The number of halogens is 2. The lowest BCUT2D eigenvalue weighted by Crippen LogP contribution is -2.37. The molecule has 0 radical (unpaired) electrons. The van der Waals surface area contributed by atoms with E-state index in [-0.39, 0.29) is 23.4 Å². The predicted octanol–water partition coefficient (Wildman–Crippen LogP) is 2.03. The molecule has 30 heavy (non-hydrogen) atoms. The van der Waals surface area contributed by atoms with Crippen LogP contribution < -0.4 is 15.5 Å². The molecule has 1 fully saturated rings. The zero-order chi connectivity index (χ0) is 23.6. The van der Waals surface area contributed by atoms with Crippen molar-refractivity contribution in [3.05, 3.63) is 42.1 Å². The highest BCUT2D eigenvalue weighted by atomic mass is 19.1. The van der Waals surface area contributed by atoms with Crippen molar-refractivity contribution in [1.29, 1.82) is 0 Å². The minimum absolute atomic E-state index is 0.00401. The molecule has 0 saturated carbocycles. The van der Waals surface area contributed by atoms with Gasteiger partial charge in [-0.05, 0) is 6.92 Å². The van der Waals surface area contributed by atoms with Crippen LogP contribution in [-0.2, 0) is 11.7 Å². The minimum Gasteiger partial charge on any atom is -0.378 e. The molecule has 3 aromatic rings. The molecule has 3 aromatic heterocycles. The van der Waals surface area contributed by atoms with Gasteiger partial charge in [-0.25, -0.2) is 13.8 Å². The third kappa shape index (κ3) is 4.59. The number of rotatable bonds is 6. The molecule has 0 aliphatic carbocycles. The summed E-state index contributed by atoms with van der Waals surface area (Å²) >= 11 is 0. The molecule has 1 aliphatic rings. The van der Waals surface area contributed by atoms with Crippen LogP contribution in [0.4, 0.5) is 32.4 Å². The van der Waals surface area contributed by atoms with Crippen molar-refractivity contribution in [1.82, 2.24) is 29.5 Å². The summed E-state index contributed by atoms with van der Waals surface area (Å²) in [5.74, 6) is -0.803. The van der Waals surface area contributed by atoms with Gasteiger partial charge in [0.25, 0.3) is 0 Å². The zero-order valence-electron chi connectivity index (χ0n) is 19.0. The topological polar surface area (TPSA) is 106 Å². The van der Waals surface area contributed by atoms with Gasteiger partial charge >= 0.3 is 0 Å². The molecule has 4 rings (SSSR count). The van der Waals surface area contributed by atoms with Crippen LogP contribution in [0.15, 0.2) is 24.8 Å². The molecule has 0 amide bonds. The Hall–Kier alpha value is -3.41. The van der Waals surface area contributed by atoms with Gasteiger partial charge in [0.15, 0.2) is 5.82 Å². The number of ether oxygens (including phenoxy) is 1. The molecule has 2 N–H and O–H groups in total. The van der Waals surface area contributed by atoms with E-state index in [4.69, 9.17) is 8.85 Å². The lowest BCUT2D eigenvalue weighted by Gasteiger charge is -2.27. The maximum Gasteiger partial charge on any atom is 0.235 e. The number of anilines is 4. The smallest absolute Gasteiger partial charge is 0.235 e. The van der Waals surface area contributed by atoms with Crippen molar-refractivity contribution in [3.8, 4) is 0 Å². The summed E-state index contributed by atoms with van der Waals surface area (Å²) in [6.07, 6.45) is 3.40. The van der Waals surface area contributed by atoms with Crippen molar-refractivity contribution in [2.45, 2.75) is 13.0 Å². The summed E-state index contributed by atoms with van der Waals surface area (Å²) in [4.78, 5) is 22.8. The van der Waals surface area contributed by atoms with E-state index in [1.807, 2.05) is 4.90 Å². The molecule has 1 atom stereocenters. The molecule has 0 unspecified atom stereocenters. The number of pyridine rings is 1. The summed E-state index contributed by atoms with van der Waals surface area (Å²) in [7, 11) is 0. The molecular formula is C18H21F2N9O. The normalized spacial score (nSPS) is 17.0. The number of hydrogen-bond donors (Lipinski definition) is 2. The van der Waals surface area contributed by atoms with E-state index in [1.54, 1.807) is 6.92 Å². The van der Waals surface area contributed by atoms with Gasteiger partial charge in [0.1, 0.15) is 11.6 Å². The van der Waals surface area contributed by atoms with E-state index in [0.29, 0.717) is 32.3 Å². The van der Waals surface area contributed by atoms with E-state index in [0.717, 1.165) is 16.8 Å². The van der Waals surface area contributed by atoms with Gasteiger partial charge in [-0.15, -0.1) is 0 Å². The highest BCUT2D eigenvalue weighted by Crippen LogP contribution is 2.22. The molecule has 1 aliphatic heterocycles. The van der Waals surface area contributed by atoms with Crippen LogP contribution in [0.1, 0.15) is 22.8 Å². The molecule has 12 heteroatoms. The summed E-state index contributed by atoms with van der Waals surface area (Å²) in [6.45, 7) is 1.37. The highest BCUT2D eigenvalue weighted by Gasteiger charge is 2.19. The Morgan fingerprint density at radius 3 is 2.70 bits per heavy atom. The Bertz CT molecular complexity index is 1120. The van der Waals surface area contributed by atoms with Crippen LogP contribution in [-0.4, -0.2) is 55.8 Å². The van der Waals surface area contributed by atoms with Gasteiger partial charge in [0.05, 0.1) is 37.5 Å². The SMILES string of the molecule is [2H]C([2H])([2H])n1cnc(Nc2nc(N[C@@H](C)c3ncc(F)cc3F)nc(N3CCOCC3)n2)c1. The van der Waals surface area contributed by atoms with E-state index in [2.05, 4.69) is 35.6 Å². The van der Waals surface area contributed by atoms with Crippen LogP contribution in [0.2, 0.25) is 0 Å². The average molecular weight is 420 g/mol. The Balaban J connectivity index is 1.62. The number of morpholine rings is 1. The average Bonchev–Trinajstić information content (AvgIpc) is 3.23. The monoisotopic (exact) mass is 420 g/mol. The molecular weight excluding hydrogens is 396 g/mol. The first-order valence-corrected chi connectivity index (χ1v) is 9.17. The molecule has 0 aromatic carbocycles. The summed E-state index contributed by atoms with van der Waals surface area (Å²) in [5, 5.41) is 5.82. The van der Waals surface area contributed by atoms with Gasteiger partial charge in [-0.2, -0.15) is 15.0 Å². The van der Waals surface area contributed by atoms with Crippen LogP contribution in [0.5, 0.6) is 0 Å². The van der Waals surface area contributed by atoms with Crippen molar-refractivity contribution in [3.63, 3.8) is 0 Å². The van der Waals surface area contributed by atoms with Crippen molar-refractivity contribution >= 4 is 23.7 Å². The standard InChI is InChI=1S/C18H21F2N9O/c1-11(15-13(20)7-12(19)8-21-15)23-16-25-17(24-14-9-28(2)10-22-14)27-18(26-16)29-3-5-30-6-4-29/h7-11H,3-6H2,1-2H3,(H2,23,24,25,26,27)/t11-/m0/s1/i2D3. The van der Waals surface area contributed by atoms with E-state index in [1.165, 1.54) is 12.5 Å². The summed E-state index contributed by atoms with van der Waals surface area (Å²) < 4.78 is 56.1. The number of aryl methyl sites for hydroxylation is 1. The number of nitrogens with one attached hydrogen (secondary N) is 2. The van der Waals surface area contributed by atoms with Gasteiger partial charge in [0, 0.05) is 36.4 Å². The Labute approximate surface area is 175 Å². The molecule has 0 bridgehead atoms. The maximum absolute atomic E-state index is 14.2. The Kier molecular flexibility index (Phi) is 4.66. The maximum atomic E-state index is 14.2. The lowest BCUT2D eigenvalue weighted by atomic mass is 10.2. The fraction of sp³-hybridized carbons (Fsp3) is 0.389. The van der Waals surface area contributed by atoms with E-state index >= 15 is 0 Å². The first-order chi connectivity index (χ1) is 15.7. The third-order valence-electron chi connectivity index (χ3n) is 4.33. The molecule has 4 heterocycles. The van der Waals surface area contributed by atoms with Crippen molar-refractivity contribution < 1.29 is 17.6 Å². The van der Waals surface area contributed by atoms with E-state index in [9.17, 15) is 8.78 Å². The van der Waals surface area contributed by atoms with Gasteiger partial charge in [-0.3, -0.25) is 4.98 Å². The fourth-order valence-electron chi connectivity index (χ4n) is 2.90. The molecule has 158 valence electrons. The first kappa shape index (κ1) is 16.4. The van der Waals surface area contributed by atoms with Crippen LogP contribution in [0, 0.1) is 11.6 Å². The lowest BCUT2D eigenvalue weighted by molar-refractivity contribution is 0.122. The quantitative estimate of drug-likeness (QED) is 0.619. The second-order valence-electron chi connectivity index (χ2n) is 6.56. The Morgan fingerprint density at radius 2 is 1.97 bits per heavy atom. The number of imidazole rings is 1. The fourth-order valence-corrected chi connectivity index (χ4v) is 2.90. The minimum atomic E-state index is -2.38. The largest absolute Gasteiger partial charge is 0.378 e.